The van der Waals surface area contributed by atoms with Gasteiger partial charge in [-0.2, -0.15) is 4.98 Å². The summed E-state index contributed by atoms with van der Waals surface area (Å²) in [7, 11) is 0. The number of morpholine rings is 1. The van der Waals surface area contributed by atoms with E-state index in [0.717, 1.165) is 11.0 Å². The second kappa shape index (κ2) is 7.92. The molecule has 4 heterocycles. The Bertz CT molecular complexity index is 1220. The Morgan fingerprint density at radius 3 is 2.90 bits per heavy atom. The molecule has 1 aliphatic heterocycles. The Balaban J connectivity index is 1.34. The first kappa shape index (κ1) is 19.4. The highest BCUT2D eigenvalue weighted by molar-refractivity contribution is 5.97. The van der Waals surface area contributed by atoms with Gasteiger partial charge in [-0.05, 0) is 44.2 Å². The van der Waals surface area contributed by atoms with Gasteiger partial charge in [-0.25, -0.2) is 4.98 Å². The van der Waals surface area contributed by atoms with Crippen molar-refractivity contribution in [2.24, 2.45) is 0 Å². The van der Waals surface area contributed by atoms with Crippen LogP contribution in [0.5, 0.6) is 0 Å². The average molecular weight is 418 g/mol. The van der Waals surface area contributed by atoms with Gasteiger partial charge in [0.05, 0.1) is 30.5 Å². The maximum absolute atomic E-state index is 13.1. The number of hydrogen-bond donors (Lipinski definition) is 0. The van der Waals surface area contributed by atoms with Crippen molar-refractivity contribution < 1.29 is 14.1 Å². The minimum atomic E-state index is -0.480. The Morgan fingerprint density at radius 1 is 1.19 bits per heavy atom. The van der Waals surface area contributed by atoms with Crippen LogP contribution in [0.3, 0.4) is 0 Å². The monoisotopic (exact) mass is 418 g/mol. The van der Waals surface area contributed by atoms with Crippen LogP contribution in [0.25, 0.3) is 22.6 Å². The number of amides is 1. The molecule has 1 amide bonds. The van der Waals surface area contributed by atoms with Gasteiger partial charge in [-0.1, -0.05) is 11.2 Å². The zero-order valence-corrected chi connectivity index (χ0v) is 17.3. The molecule has 0 saturated carbocycles. The van der Waals surface area contributed by atoms with Crippen LogP contribution in [0, 0.1) is 0 Å². The Labute approximate surface area is 178 Å². The molecular formula is C22H22N6O3. The number of benzene rings is 1. The van der Waals surface area contributed by atoms with E-state index >= 15 is 0 Å². The van der Waals surface area contributed by atoms with Crippen LogP contribution in [-0.2, 0) is 4.74 Å². The molecule has 1 atom stereocenters. The summed E-state index contributed by atoms with van der Waals surface area (Å²) in [5.74, 6) is 0.664. The molecule has 0 unspecified atom stereocenters. The molecule has 0 N–H and O–H groups in total. The minimum absolute atomic E-state index is 0.0706. The molecule has 1 saturated heterocycles. The van der Waals surface area contributed by atoms with E-state index in [9.17, 15) is 4.79 Å². The number of rotatable bonds is 4. The normalized spacial score (nSPS) is 16.9. The van der Waals surface area contributed by atoms with E-state index in [1.54, 1.807) is 11.1 Å². The van der Waals surface area contributed by atoms with Crippen molar-refractivity contribution >= 4 is 16.9 Å². The van der Waals surface area contributed by atoms with Crippen molar-refractivity contribution in [3.8, 4) is 11.5 Å². The first-order valence-electron chi connectivity index (χ1n) is 10.2. The third-order valence-corrected chi connectivity index (χ3v) is 5.34. The summed E-state index contributed by atoms with van der Waals surface area (Å²) in [5.41, 5.74) is 3.04. The van der Waals surface area contributed by atoms with E-state index in [0.29, 0.717) is 48.7 Å². The van der Waals surface area contributed by atoms with Gasteiger partial charge in [0.15, 0.2) is 6.10 Å². The Kier molecular flexibility index (Phi) is 4.95. The van der Waals surface area contributed by atoms with Gasteiger partial charge in [0, 0.05) is 24.3 Å². The van der Waals surface area contributed by atoms with E-state index in [-0.39, 0.29) is 5.91 Å². The molecule has 1 aromatic carbocycles. The molecule has 1 aliphatic rings. The highest BCUT2D eigenvalue weighted by atomic mass is 16.5. The smallest absolute Gasteiger partial charge is 0.257 e. The quantitative estimate of drug-likeness (QED) is 0.501. The van der Waals surface area contributed by atoms with Crippen molar-refractivity contribution in [2.45, 2.75) is 26.0 Å². The number of carbonyl (C=O) groups excluding carboxylic acids is 1. The number of fused-ring (bicyclic) bond motifs is 1. The van der Waals surface area contributed by atoms with E-state index in [4.69, 9.17) is 9.26 Å². The second-order valence-corrected chi connectivity index (χ2v) is 7.73. The minimum Gasteiger partial charge on any atom is -0.365 e. The van der Waals surface area contributed by atoms with Gasteiger partial charge in [0.2, 0.25) is 5.82 Å². The first-order chi connectivity index (χ1) is 15.1. The molecule has 3 aromatic heterocycles. The molecule has 0 bridgehead atoms. The zero-order chi connectivity index (χ0) is 21.4. The standard InChI is InChI=1S/C22H22N6O3/c1-14(2)28-13-24-17-11-15(6-7-18(17)28)22(29)27-9-10-30-19(12-27)21-25-20(26-31-21)16-5-3-4-8-23-16/h3-8,11,13-14,19H,9-10,12H2,1-2H3/t19-/m1/s1. The highest BCUT2D eigenvalue weighted by Crippen LogP contribution is 2.25. The Hall–Kier alpha value is -3.59. The fraction of sp³-hybridized carbons (Fsp3) is 0.318. The van der Waals surface area contributed by atoms with E-state index in [2.05, 4.69) is 38.5 Å². The summed E-state index contributed by atoms with van der Waals surface area (Å²) < 4.78 is 13.3. The molecule has 0 aliphatic carbocycles. The Morgan fingerprint density at radius 2 is 2.10 bits per heavy atom. The molecule has 0 spiro atoms. The zero-order valence-electron chi connectivity index (χ0n) is 17.3. The third-order valence-electron chi connectivity index (χ3n) is 5.34. The summed E-state index contributed by atoms with van der Waals surface area (Å²) in [5, 5.41) is 4.00. The van der Waals surface area contributed by atoms with E-state index in [1.165, 1.54) is 0 Å². The average Bonchev–Trinajstić information content (AvgIpc) is 3.46. The van der Waals surface area contributed by atoms with Gasteiger partial charge in [0.25, 0.3) is 11.8 Å². The lowest BCUT2D eigenvalue weighted by Gasteiger charge is -2.31. The predicted octanol–water partition coefficient (Wildman–Crippen LogP) is 3.28. The van der Waals surface area contributed by atoms with Crippen LogP contribution < -0.4 is 0 Å². The fourth-order valence-corrected chi connectivity index (χ4v) is 3.71. The predicted molar refractivity (Wildman–Crippen MR) is 112 cm³/mol. The van der Waals surface area contributed by atoms with Gasteiger partial charge in [-0.3, -0.25) is 9.78 Å². The molecular weight excluding hydrogens is 396 g/mol. The van der Waals surface area contributed by atoms with Crippen LogP contribution in [-0.4, -0.2) is 55.2 Å². The van der Waals surface area contributed by atoms with Crippen molar-refractivity contribution in [2.75, 3.05) is 19.7 Å². The summed E-state index contributed by atoms with van der Waals surface area (Å²) in [4.78, 5) is 28.0. The molecule has 9 nitrogen and oxygen atoms in total. The van der Waals surface area contributed by atoms with Gasteiger partial charge in [0.1, 0.15) is 5.69 Å². The molecule has 158 valence electrons. The van der Waals surface area contributed by atoms with E-state index < -0.39 is 6.10 Å². The number of hydrogen-bond acceptors (Lipinski definition) is 7. The maximum Gasteiger partial charge on any atom is 0.257 e. The van der Waals surface area contributed by atoms with Gasteiger partial charge < -0.3 is 18.7 Å². The number of carbonyl (C=O) groups is 1. The second-order valence-electron chi connectivity index (χ2n) is 7.73. The number of nitrogens with zero attached hydrogens (tertiary/aromatic N) is 6. The van der Waals surface area contributed by atoms with Crippen molar-refractivity contribution in [1.82, 2.24) is 29.6 Å². The van der Waals surface area contributed by atoms with Crippen LogP contribution in [0.15, 0.2) is 53.4 Å². The molecule has 0 radical (unpaired) electrons. The molecule has 9 heteroatoms. The summed E-state index contributed by atoms with van der Waals surface area (Å²) in [6, 6.07) is 11.4. The van der Waals surface area contributed by atoms with Crippen molar-refractivity contribution in [3.63, 3.8) is 0 Å². The van der Waals surface area contributed by atoms with Gasteiger partial charge >= 0.3 is 0 Å². The first-order valence-corrected chi connectivity index (χ1v) is 10.2. The molecule has 4 aromatic rings. The van der Waals surface area contributed by atoms with Crippen molar-refractivity contribution in [1.29, 1.82) is 0 Å². The number of aromatic nitrogens is 5. The topological polar surface area (TPSA) is 99.2 Å². The van der Waals surface area contributed by atoms with Crippen molar-refractivity contribution in [3.05, 3.63) is 60.4 Å². The largest absolute Gasteiger partial charge is 0.365 e. The summed E-state index contributed by atoms with van der Waals surface area (Å²) >= 11 is 0. The van der Waals surface area contributed by atoms with Crippen LogP contribution >= 0.6 is 0 Å². The number of pyridine rings is 1. The lowest BCUT2D eigenvalue weighted by molar-refractivity contribution is -0.0367. The molecule has 1 fully saturated rings. The third kappa shape index (κ3) is 3.68. The number of ether oxygens (including phenoxy) is 1. The summed E-state index contributed by atoms with van der Waals surface area (Å²) in [6.07, 6.45) is 3.00. The highest BCUT2D eigenvalue weighted by Gasteiger charge is 2.30. The lowest BCUT2D eigenvalue weighted by atomic mass is 10.1. The van der Waals surface area contributed by atoms with Crippen LogP contribution in [0.4, 0.5) is 0 Å². The SMILES string of the molecule is CC(C)n1cnc2cc(C(=O)N3CCO[C@@H](c4nc(-c5ccccn5)no4)C3)ccc21. The summed E-state index contributed by atoms with van der Waals surface area (Å²) in [6.45, 7) is 5.42. The van der Waals surface area contributed by atoms with E-state index in [1.807, 2.05) is 42.7 Å². The number of imidazole rings is 1. The molecule has 31 heavy (non-hydrogen) atoms. The maximum atomic E-state index is 13.1. The van der Waals surface area contributed by atoms with Gasteiger partial charge in [-0.15, -0.1) is 0 Å². The van der Waals surface area contributed by atoms with Crippen LogP contribution in [0.2, 0.25) is 0 Å². The molecule has 5 rings (SSSR count). The lowest BCUT2D eigenvalue weighted by Crippen LogP contribution is -2.42. The fourth-order valence-electron chi connectivity index (χ4n) is 3.71. The van der Waals surface area contributed by atoms with Crippen LogP contribution in [0.1, 0.15) is 42.2 Å².